The number of amidine groups is 1. The van der Waals surface area contributed by atoms with Gasteiger partial charge in [-0.3, -0.25) is 0 Å². The first-order chi connectivity index (χ1) is 12.6. The maximum atomic E-state index is 14.2. The smallest absolute Gasteiger partial charge is 0.365 e. The van der Waals surface area contributed by atoms with Crippen LogP contribution in [-0.2, 0) is 0 Å². The van der Waals surface area contributed by atoms with E-state index in [1.807, 2.05) is 0 Å². The summed E-state index contributed by atoms with van der Waals surface area (Å²) in [5.74, 6) is -14.2. The molecule has 10 heteroatoms. The second kappa shape index (κ2) is 10.3. The van der Waals surface area contributed by atoms with E-state index in [2.05, 4.69) is 16.9 Å². The van der Waals surface area contributed by atoms with Gasteiger partial charge in [0.2, 0.25) is 0 Å². The van der Waals surface area contributed by atoms with Crippen LogP contribution < -0.4 is 5.32 Å². The van der Waals surface area contributed by atoms with Gasteiger partial charge in [-0.05, 0) is 39.2 Å². The Balaban J connectivity index is 6.11. The summed E-state index contributed by atoms with van der Waals surface area (Å²) in [5, 5.41) is 1.68. The number of allylic oxidation sites excluding steroid dienone is 4. The van der Waals surface area contributed by atoms with E-state index < -0.39 is 35.8 Å². The highest BCUT2D eigenvalue weighted by molar-refractivity contribution is 6.21. The second-order valence-electron chi connectivity index (χ2n) is 6.22. The van der Waals surface area contributed by atoms with E-state index in [-0.39, 0.29) is 11.1 Å². The summed E-state index contributed by atoms with van der Waals surface area (Å²) in [6.45, 7) is 9.20. The van der Waals surface area contributed by atoms with Gasteiger partial charge in [0.25, 0.3) is 0 Å². The first-order valence-corrected chi connectivity index (χ1v) is 8.85. The summed E-state index contributed by atoms with van der Waals surface area (Å²) in [6.07, 6.45) is -0.685. The minimum atomic E-state index is -6.46. The molecule has 0 amide bonds. The predicted octanol–water partition coefficient (Wildman–Crippen LogP) is 6.50. The molecule has 0 bridgehead atoms. The number of aliphatic imine (C=N–C) groups is 1. The predicted molar refractivity (Wildman–Crippen MR) is 98.2 cm³/mol. The highest BCUT2D eigenvalue weighted by atomic mass is 35.5. The van der Waals surface area contributed by atoms with E-state index >= 15 is 0 Å². The molecule has 0 saturated carbocycles. The number of hydrogen-bond donors (Lipinski definition) is 1. The zero-order chi connectivity index (χ0) is 22.3. The average molecular weight is 437 g/mol. The van der Waals surface area contributed by atoms with Crippen molar-refractivity contribution in [2.24, 2.45) is 10.9 Å². The minimum Gasteiger partial charge on any atom is -0.365 e. The summed E-state index contributed by atoms with van der Waals surface area (Å²) in [4.78, 5) is 3.28. The fourth-order valence-electron chi connectivity index (χ4n) is 2.18. The van der Waals surface area contributed by atoms with Crippen LogP contribution in [0.3, 0.4) is 0 Å². The molecule has 28 heavy (non-hydrogen) atoms. The fourth-order valence-corrected chi connectivity index (χ4v) is 2.26. The molecule has 0 spiro atoms. The number of rotatable bonds is 9. The Morgan fingerprint density at radius 2 is 1.64 bits per heavy atom. The minimum absolute atomic E-state index is 0.222. The van der Waals surface area contributed by atoms with Crippen molar-refractivity contribution in [3.05, 3.63) is 36.6 Å². The highest BCUT2D eigenvalue weighted by Crippen LogP contribution is 2.47. The molecule has 0 aliphatic rings. The molecular weight excluding hydrogens is 413 g/mol. The van der Waals surface area contributed by atoms with Crippen LogP contribution in [0.25, 0.3) is 0 Å². The maximum Gasteiger partial charge on any atom is 0.460 e. The van der Waals surface area contributed by atoms with Gasteiger partial charge in [-0.1, -0.05) is 31.7 Å². The van der Waals surface area contributed by atoms with Crippen molar-refractivity contribution in [2.45, 2.75) is 63.6 Å². The van der Waals surface area contributed by atoms with E-state index in [0.717, 1.165) is 12.2 Å². The van der Waals surface area contributed by atoms with Crippen molar-refractivity contribution < 1.29 is 30.7 Å². The number of halogens is 8. The van der Waals surface area contributed by atoms with E-state index in [9.17, 15) is 30.7 Å². The van der Waals surface area contributed by atoms with Crippen LogP contribution in [0.15, 0.2) is 41.6 Å². The lowest BCUT2D eigenvalue weighted by Crippen LogP contribution is -2.61. The van der Waals surface area contributed by atoms with Gasteiger partial charge in [0.15, 0.2) is 5.84 Å². The van der Waals surface area contributed by atoms with Crippen molar-refractivity contribution in [3.63, 3.8) is 0 Å². The SMILES string of the molecule is C=C/C=C(C)/N=C(\NC(C)C(/C=C\C(C)Cl)CC)C(F)(F)C(F)(F)C(F)(F)F. The summed E-state index contributed by atoms with van der Waals surface area (Å²) in [7, 11) is 0. The molecular formula is C18H24ClF7N2. The first-order valence-electron chi connectivity index (χ1n) is 8.41. The molecule has 3 atom stereocenters. The lowest BCUT2D eigenvalue weighted by Gasteiger charge is -2.32. The molecule has 0 aromatic carbocycles. The van der Waals surface area contributed by atoms with Crippen molar-refractivity contribution in [1.82, 2.24) is 5.32 Å². The van der Waals surface area contributed by atoms with Crippen molar-refractivity contribution in [1.29, 1.82) is 0 Å². The molecule has 0 rings (SSSR count). The third kappa shape index (κ3) is 6.83. The maximum absolute atomic E-state index is 14.2. The molecule has 0 aromatic heterocycles. The molecule has 162 valence electrons. The zero-order valence-corrected chi connectivity index (χ0v) is 16.7. The third-order valence-corrected chi connectivity index (χ3v) is 3.94. The lowest BCUT2D eigenvalue weighted by molar-refractivity contribution is -0.337. The topological polar surface area (TPSA) is 24.4 Å². The Kier molecular flexibility index (Phi) is 9.76. The second-order valence-corrected chi connectivity index (χ2v) is 6.91. The van der Waals surface area contributed by atoms with Crippen LogP contribution in [0.1, 0.15) is 34.1 Å². The Morgan fingerprint density at radius 1 is 1.11 bits per heavy atom. The molecule has 0 fully saturated rings. The van der Waals surface area contributed by atoms with Gasteiger partial charge in [-0.15, -0.1) is 11.6 Å². The molecule has 0 saturated heterocycles. The fraction of sp³-hybridized carbons (Fsp3) is 0.611. The number of nitrogens with one attached hydrogen (secondary N) is 1. The first kappa shape index (κ1) is 26.5. The number of alkyl halides is 8. The molecule has 3 unspecified atom stereocenters. The standard InChI is InChI=1S/C18H24ClF7N2/c1-6-8-12(4)27-15(16(20,21)17(22,23)18(24,25)26)28-13(5)14(7-2)10-9-11(3)19/h6,8-11,13-14H,1,7H2,2-5H3,(H,27,28)/b10-9-,12-8+. The van der Waals surface area contributed by atoms with Gasteiger partial charge in [-0.2, -0.15) is 30.7 Å². The van der Waals surface area contributed by atoms with Crippen LogP contribution >= 0.6 is 11.6 Å². The van der Waals surface area contributed by atoms with Crippen LogP contribution in [0.2, 0.25) is 0 Å². The number of nitrogens with zero attached hydrogens (tertiary/aromatic N) is 1. The Hall–Kier alpha value is -1.51. The van der Waals surface area contributed by atoms with Crippen molar-refractivity contribution in [3.8, 4) is 0 Å². The van der Waals surface area contributed by atoms with Gasteiger partial charge in [-0.25, -0.2) is 4.99 Å². The monoisotopic (exact) mass is 436 g/mol. The van der Waals surface area contributed by atoms with E-state index in [1.54, 1.807) is 26.0 Å². The molecule has 0 heterocycles. The number of hydrogen-bond acceptors (Lipinski definition) is 1. The quantitative estimate of drug-likeness (QED) is 0.109. The molecule has 0 radical (unpaired) electrons. The van der Waals surface area contributed by atoms with E-state index in [1.165, 1.54) is 13.8 Å². The van der Waals surface area contributed by atoms with E-state index in [0.29, 0.717) is 6.42 Å². The third-order valence-electron chi connectivity index (χ3n) is 3.80. The molecule has 0 aliphatic heterocycles. The van der Waals surface area contributed by atoms with Crippen molar-refractivity contribution in [2.75, 3.05) is 0 Å². The molecule has 0 aliphatic carbocycles. The Bertz CT molecular complexity index is 608. The van der Waals surface area contributed by atoms with Crippen molar-refractivity contribution >= 4 is 17.4 Å². The van der Waals surface area contributed by atoms with Crippen LogP contribution in [-0.4, -0.2) is 35.3 Å². The average Bonchev–Trinajstić information content (AvgIpc) is 2.53. The summed E-state index contributed by atoms with van der Waals surface area (Å²) in [6, 6.07) is -0.929. The van der Waals surface area contributed by atoms with Crippen LogP contribution in [0, 0.1) is 5.92 Å². The molecule has 1 N–H and O–H groups in total. The highest BCUT2D eigenvalue weighted by Gasteiger charge is 2.75. The molecule has 0 aromatic rings. The normalized spacial score (nSPS) is 18.1. The Labute approximate surface area is 165 Å². The van der Waals surface area contributed by atoms with Gasteiger partial charge in [0.05, 0.1) is 0 Å². The largest absolute Gasteiger partial charge is 0.460 e. The van der Waals surface area contributed by atoms with Gasteiger partial charge < -0.3 is 5.32 Å². The summed E-state index contributed by atoms with van der Waals surface area (Å²) in [5.41, 5.74) is -0.222. The van der Waals surface area contributed by atoms with Gasteiger partial charge in [0.1, 0.15) is 0 Å². The lowest BCUT2D eigenvalue weighted by atomic mass is 9.96. The Morgan fingerprint density at radius 3 is 2.04 bits per heavy atom. The van der Waals surface area contributed by atoms with Crippen LogP contribution in [0.5, 0.6) is 0 Å². The van der Waals surface area contributed by atoms with E-state index in [4.69, 9.17) is 11.6 Å². The summed E-state index contributed by atoms with van der Waals surface area (Å²) >= 11 is 5.78. The molecule has 2 nitrogen and oxygen atoms in total. The van der Waals surface area contributed by atoms with Gasteiger partial charge in [0, 0.05) is 17.1 Å². The van der Waals surface area contributed by atoms with Gasteiger partial charge >= 0.3 is 18.0 Å². The zero-order valence-electron chi connectivity index (χ0n) is 15.9. The van der Waals surface area contributed by atoms with Crippen LogP contribution in [0.4, 0.5) is 30.7 Å². The summed E-state index contributed by atoms with van der Waals surface area (Å²) < 4.78 is 93.3.